The molecule has 0 saturated heterocycles. The number of nitrogens with zero attached hydrogens (tertiary/aromatic N) is 2. The molecular formula is C7H10N2O3. The molecule has 12 heavy (non-hydrogen) atoms. The van der Waals surface area contributed by atoms with Crippen LogP contribution in [0, 0.1) is 0 Å². The lowest BCUT2D eigenvalue weighted by molar-refractivity contribution is 0.0643. The minimum Gasteiger partial charge on any atom is -0.393 e. The highest BCUT2D eigenvalue weighted by molar-refractivity contribution is 4.98. The molecule has 1 aromatic heterocycles. The molecule has 0 aliphatic heterocycles. The van der Waals surface area contributed by atoms with Crippen LogP contribution in [-0.2, 0) is 7.05 Å². The van der Waals surface area contributed by atoms with E-state index in [-0.39, 0.29) is 12.0 Å². The maximum Gasteiger partial charge on any atom is 0.436 e. The van der Waals surface area contributed by atoms with Crippen LogP contribution in [0.3, 0.4) is 0 Å². The Morgan fingerprint density at radius 1 is 1.67 bits per heavy atom. The summed E-state index contributed by atoms with van der Waals surface area (Å²) >= 11 is 0. The Morgan fingerprint density at radius 3 is 2.75 bits per heavy atom. The average molecular weight is 170 g/mol. The smallest absolute Gasteiger partial charge is 0.393 e. The minimum absolute atomic E-state index is 0.133. The Morgan fingerprint density at radius 2 is 2.33 bits per heavy atom. The molecule has 5 heteroatoms. The number of aryl methyl sites for hydroxylation is 1. The van der Waals surface area contributed by atoms with Crippen LogP contribution in [0.2, 0.25) is 0 Å². The van der Waals surface area contributed by atoms with E-state index in [2.05, 4.69) is 5.10 Å². The van der Waals surface area contributed by atoms with E-state index in [9.17, 15) is 4.79 Å². The zero-order valence-electron chi connectivity index (χ0n) is 6.73. The van der Waals surface area contributed by atoms with E-state index in [1.165, 1.54) is 4.68 Å². The molecule has 1 heterocycles. The van der Waals surface area contributed by atoms with Crippen molar-refractivity contribution in [3.63, 3.8) is 0 Å². The average Bonchev–Trinajstić information content (AvgIpc) is 2.26. The first-order chi connectivity index (χ1) is 5.66. The van der Waals surface area contributed by atoms with E-state index in [0.29, 0.717) is 18.7 Å². The van der Waals surface area contributed by atoms with Gasteiger partial charge < -0.3 is 9.52 Å². The molecule has 1 aromatic rings. The van der Waals surface area contributed by atoms with Crippen molar-refractivity contribution >= 4 is 0 Å². The summed E-state index contributed by atoms with van der Waals surface area (Å²) in [5.74, 6) is 0.146. The topological polar surface area (TPSA) is 68.3 Å². The van der Waals surface area contributed by atoms with Gasteiger partial charge in [-0.15, -0.1) is 5.10 Å². The molecule has 1 saturated carbocycles. The molecule has 1 fully saturated rings. The van der Waals surface area contributed by atoms with E-state index in [1.54, 1.807) is 7.05 Å². The molecule has 66 valence electrons. The van der Waals surface area contributed by atoms with E-state index in [0.717, 1.165) is 0 Å². The van der Waals surface area contributed by atoms with Crippen molar-refractivity contribution in [2.75, 3.05) is 0 Å². The highest BCUT2D eigenvalue weighted by Gasteiger charge is 2.32. The number of aliphatic hydroxyl groups excluding tert-OH is 1. The van der Waals surface area contributed by atoms with Gasteiger partial charge in [0.1, 0.15) is 0 Å². The Balaban J connectivity index is 2.19. The van der Waals surface area contributed by atoms with Crippen LogP contribution in [0.1, 0.15) is 24.7 Å². The van der Waals surface area contributed by atoms with Crippen LogP contribution in [0.4, 0.5) is 0 Å². The Labute approximate surface area is 68.6 Å². The lowest BCUT2D eigenvalue weighted by Crippen LogP contribution is -2.26. The van der Waals surface area contributed by atoms with E-state index in [4.69, 9.17) is 9.52 Å². The van der Waals surface area contributed by atoms with Crippen LogP contribution in [0.15, 0.2) is 9.21 Å². The third-order valence-electron chi connectivity index (χ3n) is 2.17. The summed E-state index contributed by atoms with van der Waals surface area (Å²) in [5, 5.41) is 12.9. The molecule has 0 atom stereocenters. The molecule has 2 rings (SSSR count). The van der Waals surface area contributed by atoms with Crippen LogP contribution < -0.4 is 5.76 Å². The zero-order valence-corrected chi connectivity index (χ0v) is 6.73. The summed E-state index contributed by atoms with van der Waals surface area (Å²) in [7, 11) is 1.55. The molecule has 0 radical (unpaired) electrons. The van der Waals surface area contributed by atoms with Gasteiger partial charge in [-0.2, -0.15) is 4.68 Å². The van der Waals surface area contributed by atoms with Gasteiger partial charge in [-0.1, -0.05) is 0 Å². The van der Waals surface area contributed by atoms with Gasteiger partial charge >= 0.3 is 5.76 Å². The van der Waals surface area contributed by atoms with E-state index < -0.39 is 5.76 Å². The summed E-state index contributed by atoms with van der Waals surface area (Å²) in [6.45, 7) is 0. The second kappa shape index (κ2) is 2.45. The van der Waals surface area contributed by atoms with Crippen molar-refractivity contribution in [1.82, 2.24) is 9.78 Å². The zero-order chi connectivity index (χ0) is 8.72. The summed E-state index contributed by atoms with van der Waals surface area (Å²) < 4.78 is 6.02. The van der Waals surface area contributed by atoms with Gasteiger partial charge in [0.15, 0.2) is 0 Å². The molecule has 0 unspecified atom stereocenters. The molecule has 1 aliphatic carbocycles. The van der Waals surface area contributed by atoms with Crippen molar-refractivity contribution in [3.05, 3.63) is 16.4 Å². The summed E-state index contributed by atoms with van der Waals surface area (Å²) in [4.78, 5) is 10.8. The van der Waals surface area contributed by atoms with E-state index >= 15 is 0 Å². The minimum atomic E-state index is -0.439. The molecule has 1 N–H and O–H groups in total. The van der Waals surface area contributed by atoms with Gasteiger partial charge in [0.2, 0.25) is 5.89 Å². The van der Waals surface area contributed by atoms with Crippen molar-refractivity contribution in [3.8, 4) is 0 Å². The SMILES string of the molecule is Cn1nc(C2CC(O)C2)oc1=O. The van der Waals surface area contributed by atoms with E-state index in [1.807, 2.05) is 0 Å². The van der Waals surface area contributed by atoms with Gasteiger partial charge in [-0.05, 0) is 12.8 Å². The van der Waals surface area contributed by atoms with Crippen molar-refractivity contribution in [2.24, 2.45) is 7.05 Å². The predicted octanol–water partition coefficient (Wildman–Crippen LogP) is -0.388. The van der Waals surface area contributed by atoms with Gasteiger partial charge in [-0.3, -0.25) is 0 Å². The van der Waals surface area contributed by atoms with Crippen molar-refractivity contribution in [1.29, 1.82) is 0 Å². The van der Waals surface area contributed by atoms with Crippen LogP contribution in [-0.4, -0.2) is 21.0 Å². The first-order valence-electron chi connectivity index (χ1n) is 3.89. The normalized spacial score (nSPS) is 28.5. The molecule has 0 amide bonds. The fourth-order valence-electron chi connectivity index (χ4n) is 1.32. The fraction of sp³-hybridized carbons (Fsp3) is 0.714. The first kappa shape index (κ1) is 7.54. The maximum absolute atomic E-state index is 10.8. The first-order valence-corrected chi connectivity index (χ1v) is 3.89. The summed E-state index contributed by atoms with van der Waals surface area (Å²) in [6, 6.07) is 0. The lowest BCUT2D eigenvalue weighted by Gasteiger charge is -2.27. The summed E-state index contributed by atoms with van der Waals surface area (Å²) in [5.41, 5.74) is 0. The third kappa shape index (κ3) is 1.06. The highest BCUT2D eigenvalue weighted by atomic mass is 16.4. The monoisotopic (exact) mass is 170 g/mol. The van der Waals surface area contributed by atoms with Crippen molar-refractivity contribution < 1.29 is 9.52 Å². The fourth-order valence-corrected chi connectivity index (χ4v) is 1.32. The maximum atomic E-state index is 10.8. The summed E-state index contributed by atoms with van der Waals surface area (Å²) in [6.07, 6.45) is 1.06. The van der Waals surface area contributed by atoms with Crippen LogP contribution >= 0.6 is 0 Å². The number of aromatic nitrogens is 2. The third-order valence-corrected chi connectivity index (χ3v) is 2.17. The molecule has 0 spiro atoms. The van der Waals surface area contributed by atoms with Crippen LogP contribution in [0.5, 0.6) is 0 Å². The highest BCUT2D eigenvalue weighted by Crippen LogP contribution is 2.34. The molecule has 0 bridgehead atoms. The van der Waals surface area contributed by atoms with Gasteiger partial charge in [0.05, 0.1) is 6.10 Å². The molecule has 1 aliphatic rings. The standard InChI is InChI=1S/C7H10N2O3/c1-9-7(11)12-6(8-9)4-2-5(10)3-4/h4-5,10H,2-3H2,1H3. The van der Waals surface area contributed by atoms with Crippen LogP contribution in [0.25, 0.3) is 0 Å². The Hall–Kier alpha value is -1.10. The Bertz CT molecular complexity index is 335. The molecule has 0 aromatic carbocycles. The second-order valence-corrected chi connectivity index (χ2v) is 3.15. The lowest BCUT2D eigenvalue weighted by atomic mass is 9.82. The second-order valence-electron chi connectivity index (χ2n) is 3.15. The number of hydrogen-bond donors (Lipinski definition) is 1. The predicted molar refractivity (Wildman–Crippen MR) is 39.7 cm³/mol. The quantitative estimate of drug-likeness (QED) is 0.623. The van der Waals surface area contributed by atoms with Gasteiger partial charge in [0, 0.05) is 13.0 Å². The Kier molecular flexibility index (Phi) is 1.54. The van der Waals surface area contributed by atoms with Crippen molar-refractivity contribution in [2.45, 2.75) is 24.9 Å². The number of rotatable bonds is 1. The number of hydrogen-bond acceptors (Lipinski definition) is 4. The van der Waals surface area contributed by atoms with Gasteiger partial charge in [-0.25, -0.2) is 4.79 Å². The molecule has 5 nitrogen and oxygen atoms in total. The van der Waals surface area contributed by atoms with Gasteiger partial charge in [0.25, 0.3) is 0 Å². The molecular weight excluding hydrogens is 160 g/mol. The number of aliphatic hydroxyl groups is 1. The largest absolute Gasteiger partial charge is 0.436 e.